The van der Waals surface area contributed by atoms with Crippen LogP contribution in [-0.2, 0) is 4.74 Å². The monoisotopic (exact) mass is 476 g/mol. The predicted octanol–water partition coefficient (Wildman–Crippen LogP) is 2.45. The zero-order valence-electron chi connectivity index (χ0n) is 18.2. The molecule has 3 aliphatic heterocycles. The lowest BCUT2D eigenvalue weighted by molar-refractivity contribution is 0.0712. The third-order valence-electron chi connectivity index (χ3n) is 6.49. The van der Waals surface area contributed by atoms with E-state index in [0.29, 0.717) is 28.4 Å². The zero-order chi connectivity index (χ0) is 21.9. The second-order valence-electron chi connectivity index (χ2n) is 8.56. The third-order valence-corrected chi connectivity index (χ3v) is 7.71. The number of anilines is 2. The van der Waals surface area contributed by atoms with Crippen LogP contribution < -0.4 is 9.80 Å². The second kappa shape index (κ2) is 9.91. The maximum absolute atomic E-state index is 12.6. The number of aromatic nitrogens is 2. The lowest BCUT2D eigenvalue weighted by atomic mass is 10.2. The Morgan fingerprint density at radius 1 is 0.969 bits per heavy atom. The molecule has 0 aliphatic carbocycles. The number of nitrogens with zero attached hydrogens (tertiary/aromatic N) is 6. The first-order chi connectivity index (χ1) is 15.7. The second-order valence-corrected chi connectivity index (χ2v) is 10.3. The summed E-state index contributed by atoms with van der Waals surface area (Å²) in [5, 5.41) is 9.00. The van der Waals surface area contributed by atoms with Gasteiger partial charge in [-0.05, 0) is 37.1 Å². The normalized spacial score (nSPS) is 22.5. The molecule has 5 heterocycles. The lowest BCUT2D eigenvalue weighted by Gasteiger charge is -2.37. The molecule has 1 atom stereocenters. The van der Waals surface area contributed by atoms with Crippen LogP contribution in [0.4, 0.5) is 11.6 Å². The van der Waals surface area contributed by atoms with Crippen LogP contribution in [0.5, 0.6) is 0 Å². The highest BCUT2D eigenvalue weighted by Gasteiger charge is 2.26. The van der Waals surface area contributed by atoms with E-state index in [1.165, 1.54) is 24.2 Å². The van der Waals surface area contributed by atoms with Gasteiger partial charge in [0, 0.05) is 65.5 Å². The van der Waals surface area contributed by atoms with Crippen molar-refractivity contribution in [1.29, 1.82) is 0 Å². The zero-order valence-corrected chi connectivity index (χ0v) is 19.7. The Labute approximate surface area is 197 Å². The van der Waals surface area contributed by atoms with Gasteiger partial charge in [0.15, 0.2) is 11.6 Å². The van der Waals surface area contributed by atoms with E-state index in [9.17, 15) is 4.79 Å². The van der Waals surface area contributed by atoms with Gasteiger partial charge in [-0.3, -0.25) is 9.69 Å². The van der Waals surface area contributed by atoms with Gasteiger partial charge in [0.1, 0.15) is 0 Å². The molecule has 10 heteroatoms. The van der Waals surface area contributed by atoms with Gasteiger partial charge in [-0.1, -0.05) is 11.6 Å². The van der Waals surface area contributed by atoms with Crippen molar-refractivity contribution in [3.63, 3.8) is 0 Å². The molecular weight excluding hydrogens is 448 g/mol. The molecule has 3 saturated heterocycles. The largest absolute Gasteiger partial charge is 0.377 e. The minimum absolute atomic E-state index is 0.0571. The molecule has 172 valence electrons. The van der Waals surface area contributed by atoms with E-state index in [1.54, 1.807) is 12.1 Å². The minimum Gasteiger partial charge on any atom is -0.377 e. The van der Waals surface area contributed by atoms with Crippen molar-refractivity contribution in [3.8, 4) is 0 Å². The molecule has 0 aromatic carbocycles. The minimum atomic E-state index is 0.0571. The molecule has 1 unspecified atom stereocenters. The molecule has 2 aromatic rings. The van der Waals surface area contributed by atoms with Crippen molar-refractivity contribution in [3.05, 3.63) is 33.5 Å². The summed E-state index contributed by atoms with van der Waals surface area (Å²) in [5.74, 6) is 1.87. The third kappa shape index (κ3) is 5.01. The Hall–Kier alpha value is -1.94. The molecule has 0 radical (unpaired) electrons. The molecule has 0 N–H and O–H groups in total. The molecule has 2 aromatic heterocycles. The average molecular weight is 477 g/mol. The van der Waals surface area contributed by atoms with Crippen molar-refractivity contribution in [2.75, 3.05) is 75.3 Å². The lowest BCUT2D eigenvalue weighted by Crippen LogP contribution is -2.49. The maximum Gasteiger partial charge on any atom is 0.264 e. The fourth-order valence-electron chi connectivity index (χ4n) is 4.62. The van der Waals surface area contributed by atoms with Crippen LogP contribution in [0.2, 0.25) is 4.34 Å². The Morgan fingerprint density at radius 2 is 1.62 bits per heavy atom. The van der Waals surface area contributed by atoms with Crippen molar-refractivity contribution >= 4 is 40.5 Å². The number of thiophene rings is 1. The van der Waals surface area contributed by atoms with Crippen LogP contribution in [0.1, 0.15) is 22.5 Å². The fourth-order valence-corrected chi connectivity index (χ4v) is 5.63. The van der Waals surface area contributed by atoms with Gasteiger partial charge in [0.25, 0.3) is 5.91 Å². The Bertz CT molecular complexity index is 903. The van der Waals surface area contributed by atoms with E-state index in [-0.39, 0.29) is 5.91 Å². The van der Waals surface area contributed by atoms with Crippen LogP contribution in [0.3, 0.4) is 0 Å². The molecule has 3 fully saturated rings. The van der Waals surface area contributed by atoms with Gasteiger partial charge in [-0.25, -0.2) is 0 Å². The van der Waals surface area contributed by atoms with Crippen LogP contribution in [-0.4, -0.2) is 97.5 Å². The highest BCUT2D eigenvalue weighted by molar-refractivity contribution is 7.17. The molecule has 1 amide bonds. The summed E-state index contributed by atoms with van der Waals surface area (Å²) in [5.41, 5.74) is 0. The summed E-state index contributed by atoms with van der Waals surface area (Å²) in [7, 11) is 0. The van der Waals surface area contributed by atoms with E-state index in [1.807, 2.05) is 4.90 Å². The van der Waals surface area contributed by atoms with Crippen LogP contribution in [0.15, 0.2) is 24.3 Å². The first-order valence-electron chi connectivity index (χ1n) is 11.4. The number of carbonyl (C=O) groups excluding carboxylic acids is 1. The Morgan fingerprint density at radius 3 is 2.16 bits per heavy atom. The van der Waals surface area contributed by atoms with Gasteiger partial charge >= 0.3 is 0 Å². The van der Waals surface area contributed by atoms with Crippen LogP contribution in [0.25, 0.3) is 0 Å². The average Bonchev–Trinajstić information content (AvgIpc) is 3.51. The van der Waals surface area contributed by atoms with Crippen molar-refractivity contribution in [2.45, 2.75) is 18.9 Å². The van der Waals surface area contributed by atoms with Crippen LogP contribution in [0, 0.1) is 0 Å². The van der Waals surface area contributed by atoms with Gasteiger partial charge in [0.05, 0.1) is 15.3 Å². The Kier molecular flexibility index (Phi) is 6.77. The number of ether oxygens (including phenoxy) is 1. The molecule has 8 nitrogen and oxygen atoms in total. The predicted molar refractivity (Wildman–Crippen MR) is 127 cm³/mol. The number of hydrogen-bond donors (Lipinski definition) is 0. The molecule has 32 heavy (non-hydrogen) atoms. The summed E-state index contributed by atoms with van der Waals surface area (Å²) in [6.45, 7) is 8.82. The highest BCUT2D eigenvalue weighted by Crippen LogP contribution is 2.24. The standard InChI is InChI=1S/C22H29ClN6O2S/c23-19-4-3-18(32-19)22(30)29-13-11-28(12-14-29)21-6-5-20(24-25-21)27-9-7-26(8-10-27)16-17-2-1-15-31-17/h3-6,17H,1-2,7-16H2. The molecule has 0 spiro atoms. The van der Waals surface area contributed by atoms with Gasteiger partial charge in [-0.2, -0.15) is 0 Å². The van der Waals surface area contributed by atoms with E-state index < -0.39 is 0 Å². The van der Waals surface area contributed by atoms with E-state index >= 15 is 0 Å². The van der Waals surface area contributed by atoms with E-state index in [4.69, 9.17) is 16.3 Å². The quantitative estimate of drug-likeness (QED) is 0.656. The number of hydrogen-bond acceptors (Lipinski definition) is 8. The maximum atomic E-state index is 12.6. The summed E-state index contributed by atoms with van der Waals surface area (Å²) in [6.07, 6.45) is 2.80. The smallest absolute Gasteiger partial charge is 0.264 e. The van der Waals surface area contributed by atoms with Gasteiger partial charge < -0.3 is 19.4 Å². The van der Waals surface area contributed by atoms with Crippen LogP contribution >= 0.6 is 22.9 Å². The number of amides is 1. The van der Waals surface area contributed by atoms with Crippen molar-refractivity contribution < 1.29 is 9.53 Å². The Balaban J connectivity index is 1.10. The van der Waals surface area contributed by atoms with E-state index in [0.717, 1.165) is 64.1 Å². The highest BCUT2D eigenvalue weighted by atomic mass is 35.5. The molecule has 0 bridgehead atoms. The molecule has 5 rings (SSSR count). The summed E-state index contributed by atoms with van der Waals surface area (Å²) in [6, 6.07) is 7.70. The van der Waals surface area contributed by atoms with Gasteiger partial charge in [-0.15, -0.1) is 21.5 Å². The molecule has 0 saturated carbocycles. The number of halogens is 1. The van der Waals surface area contributed by atoms with Crippen molar-refractivity contribution in [1.82, 2.24) is 20.0 Å². The molecule has 3 aliphatic rings. The first kappa shape index (κ1) is 21.9. The summed E-state index contributed by atoms with van der Waals surface area (Å²) < 4.78 is 6.42. The SMILES string of the molecule is O=C(c1ccc(Cl)s1)N1CCN(c2ccc(N3CCN(CC4CCCO4)CC3)nn2)CC1. The first-order valence-corrected chi connectivity index (χ1v) is 12.6. The topological polar surface area (TPSA) is 65.0 Å². The fraction of sp³-hybridized carbons (Fsp3) is 0.591. The number of carbonyl (C=O) groups is 1. The van der Waals surface area contributed by atoms with Crippen molar-refractivity contribution in [2.24, 2.45) is 0 Å². The number of rotatable bonds is 5. The molecular formula is C22H29ClN6O2S. The summed E-state index contributed by atoms with van der Waals surface area (Å²) >= 11 is 7.30. The summed E-state index contributed by atoms with van der Waals surface area (Å²) in [4.78, 5) is 22.2. The van der Waals surface area contributed by atoms with E-state index in [2.05, 4.69) is 37.0 Å². The number of piperazine rings is 2. The van der Waals surface area contributed by atoms with Gasteiger partial charge in [0.2, 0.25) is 0 Å².